The zero-order valence-corrected chi connectivity index (χ0v) is 15.5. The number of nitrogens with zero attached hydrogens (tertiary/aromatic N) is 1. The molecule has 1 atom stereocenters. The van der Waals surface area contributed by atoms with Gasteiger partial charge in [0.1, 0.15) is 18.8 Å². The van der Waals surface area contributed by atoms with Crippen LogP contribution in [0, 0.1) is 5.92 Å². The molecule has 0 aromatic heterocycles. The van der Waals surface area contributed by atoms with Gasteiger partial charge in [0.05, 0.1) is 5.92 Å². The Balaban J connectivity index is 1.58. The first-order valence-electron chi connectivity index (χ1n) is 8.72. The summed E-state index contributed by atoms with van der Waals surface area (Å²) < 4.78 is 16.1. The lowest BCUT2D eigenvalue weighted by molar-refractivity contribution is -0.127. The van der Waals surface area contributed by atoms with Crippen molar-refractivity contribution in [2.45, 2.75) is 32.8 Å². The SMILES string of the molecule is CC(C)(C)OC(=O)NNC(=O)[C@@H]1CC(=O)N(c2ccc3c(c2)OCCO3)C1. The maximum Gasteiger partial charge on any atom is 0.426 e. The van der Waals surface area contributed by atoms with Gasteiger partial charge in [-0.3, -0.25) is 15.0 Å². The van der Waals surface area contributed by atoms with E-state index in [9.17, 15) is 14.4 Å². The van der Waals surface area contributed by atoms with Gasteiger partial charge in [-0.25, -0.2) is 10.2 Å². The second-order valence-electron chi connectivity index (χ2n) is 7.35. The van der Waals surface area contributed by atoms with E-state index in [0.29, 0.717) is 30.4 Å². The van der Waals surface area contributed by atoms with E-state index in [4.69, 9.17) is 14.2 Å². The van der Waals surface area contributed by atoms with Crippen molar-refractivity contribution in [3.8, 4) is 11.5 Å². The first kappa shape index (κ1) is 18.8. The number of ether oxygens (including phenoxy) is 3. The van der Waals surface area contributed by atoms with Crippen molar-refractivity contribution in [2.24, 2.45) is 5.92 Å². The van der Waals surface area contributed by atoms with Crippen LogP contribution < -0.4 is 25.2 Å². The first-order chi connectivity index (χ1) is 12.7. The quantitative estimate of drug-likeness (QED) is 0.754. The molecule has 0 bridgehead atoms. The van der Waals surface area contributed by atoms with Crippen LogP contribution in [0.5, 0.6) is 11.5 Å². The van der Waals surface area contributed by atoms with E-state index in [1.165, 1.54) is 4.90 Å². The largest absolute Gasteiger partial charge is 0.486 e. The van der Waals surface area contributed by atoms with Gasteiger partial charge < -0.3 is 19.1 Å². The van der Waals surface area contributed by atoms with Crippen LogP contribution in [0.15, 0.2) is 18.2 Å². The summed E-state index contributed by atoms with van der Waals surface area (Å²) >= 11 is 0. The second kappa shape index (κ2) is 7.34. The molecule has 3 rings (SSSR count). The summed E-state index contributed by atoms with van der Waals surface area (Å²) in [7, 11) is 0. The standard InChI is InChI=1S/C18H23N3O6/c1-18(2,3)27-17(24)20-19-16(23)11-8-15(22)21(10-11)12-4-5-13-14(9-12)26-7-6-25-13/h4-5,9,11H,6-8,10H2,1-3H3,(H,19,23)(H,20,24)/t11-/m1/s1. The van der Waals surface area contributed by atoms with Crippen molar-refractivity contribution < 1.29 is 28.6 Å². The minimum atomic E-state index is -0.760. The Labute approximate surface area is 156 Å². The van der Waals surface area contributed by atoms with Crippen molar-refractivity contribution in [2.75, 3.05) is 24.7 Å². The van der Waals surface area contributed by atoms with Gasteiger partial charge in [0, 0.05) is 24.7 Å². The molecular formula is C18H23N3O6. The van der Waals surface area contributed by atoms with E-state index in [1.54, 1.807) is 39.0 Å². The zero-order chi connectivity index (χ0) is 19.6. The number of carbonyl (C=O) groups excluding carboxylic acids is 3. The molecule has 2 aliphatic heterocycles. The van der Waals surface area contributed by atoms with Crippen LogP contribution in [-0.4, -0.2) is 43.3 Å². The molecule has 1 saturated heterocycles. The van der Waals surface area contributed by atoms with Gasteiger partial charge in [0.25, 0.3) is 0 Å². The fourth-order valence-corrected chi connectivity index (χ4v) is 2.85. The number of nitrogens with one attached hydrogen (secondary N) is 2. The molecule has 1 aromatic rings. The predicted octanol–water partition coefficient (Wildman–Crippen LogP) is 1.37. The molecule has 1 fully saturated rings. The number of hydrogen-bond acceptors (Lipinski definition) is 6. The average Bonchev–Trinajstić information content (AvgIpc) is 2.99. The van der Waals surface area contributed by atoms with Crippen LogP contribution in [0.4, 0.5) is 10.5 Å². The van der Waals surface area contributed by atoms with Crippen LogP contribution in [0.3, 0.4) is 0 Å². The lowest BCUT2D eigenvalue weighted by Crippen LogP contribution is -2.47. The van der Waals surface area contributed by atoms with Crippen molar-refractivity contribution in [3.63, 3.8) is 0 Å². The lowest BCUT2D eigenvalue weighted by Gasteiger charge is -2.22. The molecule has 2 N–H and O–H groups in total. The van der Waals surface area contributed by atoms with E-state index in [2.05, 4.69) is 10.9 Å². The van der Waals surface area contributed by atoms with Gasteiger partial charge in [-0.15, -0.1) is 0 Å². The summed E-state index contributed by atoms with van der Waals surface area (Å²) in [5.74, 6) is -0.00229. The molecule has 0 saturated carbocycles. The van der Waals surface area contributed by atoms with Crippen molar-refractivity contribution in [1.82, 2.24) is 10.9 Å². The van der Waals surface area contributed by atoms with Gasteiger partial charge >= 0.3 is 6.09 Å². The molecule has 0 aliphatic carbocycles. The predicted molar refractivity (Wildman–Crippen MR) is 95.4 cm³/mol. The molecule has 27 heavy (non-hydrogen) atoms. The fourth-order valence-electron chi connectivity index (χ4n) is 2.85. The second-order valence-corrected chi connectivity index (χ2v) is 7.35. The molecule has 0 spiro atoms. The highest BCUT2D eigenvalue weighted by Gasteiger charge is 2.36. The molecule has 0 unspecified atom stereocenters. The molecule has 0 radical (unpaired) electrons. The van der Waals surface area contributed by atoms with E-state index < -0.39 is 23.5 Å². The Kier molecular flexibility index (Phi) is 5.11. The monoisotopic (exact) mass is 377 g/mol. The smallest absolute Gasteiger partial charge is 0.426 e. The maximum absolute atomic E-state index is 12.3. The van der Waals surface area contributed by atoms with Gasteiger partial charge in [0.15, 0.2) is 11.5 Å². The Morgan fingerprint density at radius 1 is 1.15 bits per heavy atom. The summed E-state index contributed by atoms with van der Waals surface area (Å²) in [6, 6.07) is 5.23. The number of hydrazine groups is 1. The van der Waals surface area contributed by atoms with E-state index >= 15 is 0 Å². The third-order valence-electron chi connectivity index (χ3n) is 4.02. The minimum Gasteiger partial charge on any atom is -0.486 e. The number of anilines is 1. The van der Waals surface area contributed by atoms with Crippen molar-refractivity contribution >= 4 is 23.6 Å². The minimum absolute atomic E-state index is 0.0519. The Hall–Kier alpha value is -2.97. The van der Waals surface area contributed by atoms with Crippen molar-refractivity contribution in [3.05, 3.63) is 18.2 Å². The third kappa shape index (κ3) is 4.60. The Morgan fingerprint density at radius 3 is 2.56 bits per heavy atom. The molecular weight excluding hydrogens is 354 g/mol. The molecule has 2 aliphatic rings. The van der Waals surface area contributed by atoms with E-state index in [-0.39, 0.29) is 18.9 Å². The number of benzene rings is 1. The summed E-state index contributed by atoms with van der Waals surface area (Å²) in [5, 5.41) is 0. The van der Waals surface area contributed by atoms with Gasteiger partial charge in [0.2, 0.25) is 11.8 Å². The van der Waals surface area contributed by atoms with Crippen LogP contribution >= 0.6 is 0 Å². The van der Waals surface area contributed by atoms with Crippen LogP contribution in [0.25, 0.3) is 0 Å². The van der Waals surface area contributed by atoms with Crippen molar-refractivity contribution in [1.29, 1.82) is 0 Å². The summed E-state index contributed by atoms with van der Waals surface area (Å²) in [5.41, 5.74) is 4.47. The van der Waals surface area contributed by atoms with Crippen LogP contribution in [0.2, 0.25) is 0 Å². The summed E-state index contributed by atoms with van der Waals surface area (Å²) in [4.78, 5) is 37.7. The third-order valence-corrected chi connectivity index (χ3v) is 4.02. The number of carbonyl (C=O) groups is 3. The first-order valence-corrected chi connectivity index (χ1v) is 8.72. The molecule has 1 aromatic carbocycles. The lowest BCUT2D eigenvalue weighted by atomic mass is 10.1. The number of amides is 3. The molecule has 9 heteroatoms. The average molecular weight is 377 g/mol. The Bertz CT molecular complexity index is 758. The molecule has 9 nitrogen and oxygen atoms in total. The summed E-state index contributed by atoms with van der Waals surface area (Å²) in [6.07, 6.45) is -0.708. The zero-order valence-electron chi connectivity index (χ0n) is 15.5. The highest BCUT2D eigenvalue weighted by molar-refractivity contribution is 6.00. The number of rotatable bonds is 2. The molecule has 146 valence electrons. The normalized spacial score (nSPS) is 18.9. The van der Waals surface area contributed by atoms with Gasteiger partial charge in [-0.1, -0.05) is 0 Å². The Morgan fingerprint density at radius 2 is 1.85 bits per heavy atom. The van der Waals surface area contributed by atoms with Crippen LogP contribution in [-0.2, 0) is 14.3 Å². The topological polar surface area (TPSA) is 106 Å². The number of fused-ring (bicyclic) bond motifs is 1. The van der Waals surface area contributed by atoms with Crippen LogP contribution in [0.1, 0.15) is 27.2 Å². The van der Waals surface area contributed by atoms with Gasteiger partial charge in [-0.05, 0) is 32.9 Å². The summed E-state index contributed by atoms with van der Waals surface area (Å²) in [6.45, 7) is 6.30. The molecule has 2 heterocycles. The highest BCUT2D eigenvalue weighted by Crippen LogP contribution is 2.35. The fraction of sp³-hybridized carbons (Fsp3) is 0.500. The number of hydrogen-bond donors (Lipinski definition) is 2. The highest BCUT2D eigenvalue weighted by atomic mass is 16.6. The maximum atomic E-state index is 12.3. The van der Waals surface area contributed by atoms with E-state index in [0.717, 1.165) is 0 Å². The van der Waals surface area contributed by atoms with Gasteiger partial charge in [-0.2, -0.15) is 0 Å². The molecule has 3 amide bonds. The van der Waals surface area contributed by atoms with E-state index in [1.807, 2.05) is 0 Å².